The first-order valence-electron chi connectivity index (χ1n) is 7.53. The van der Waals surface area contributed by atoms with Crippen LogP contribution in [-0.4, -0.2) is 89.7 Å². The first-order chi connectivity index (χ1) is 10.8. The summed E-state index contributed by atoms with van der Waals surface area (Å²) in [6.07, 6.45) is 0. The zero-order chi connectivity index (χ0) is 16.3. The predicted molar refractivity (Wildman–Crippen MR) is 101 cm³/mol. The highest BCUT2D eigenvalue weighted by atomic mass is 32.2. The van der Waals surface area contributed by atoms with Crippen LogP contribution in [0.5, 0.6) is 0 Å². The Bertz CT molecular complexity index is 210. The summed E-state index contributed by atoms with van der Waals surface area (Å²) in [5.74, 6) is 5.78. The molecule has 0 saturated carbocycles. The fourth-order valence-corrected chi connectivity index (χ4v) is 3.97. The quantitative estimate of drug-likeness (QED) is 0.139. The largest absolute Gasteiger partial charge is 0.396 e. The summed E-state index contributed by atoms with van der Waals surface area (Å²) in [6, 6.07) is 0. The fraction of sp³-hybridized carbons (Fsp3) is 1.00. The van der Waals surface area contributed by atoms with Gasteiger partial charge in [-0.15, -0.1) is 11.8 Å². The van der Waals surface area contributed by atoms with Crippen LogP contribution < -0.4 is 16.0 Å². The standard InChI is InChI=1S/C13H31N3O3S3/c17-1-4-20-8-13(9-21-5-2-18)7-14-10-15-11-16-12-22-6-3-19/h13-19H,1-12H2. The molecule has 0 heterocycles. The molecule has 0 aliphatic rings. The van der Waals surface area contributed by atoms with Gasteiger partial charge in [-0.05, 0) is 17.4 Å². The summed E-state index contributed by atoms with van der Waals surface area (Å²) in [5.41, 5.74) is 0. The fourth-order valence-electron chi connectivity index (χ4n) is 1.57. The Morgan fingerprint density at radius 2 is 1.23 bits per heavy atom. The monoisotopic (exact) mass is 373 g/mol. The van der Waals surface area contributed by atoms with Crippen molar-refractivity contribution in [1.29, 1.82) is 0 Å². The molecule has 0 saturated heterocycles. The molecule has 0 amide bonds. The second-order valence-corrected chi connectivity index (χ2v) is 7.95. The molecule has 0 rings (SSSR count). The average molecular weight is 374 g/mol. The smallest absolute Gasteiger partial charge is 0.0522 e. The average Bonchev–Trinajstić information content (AvgIpc) is 2.53. The third-order valence-electron chi connectivity index (χ3n) is 2.55. The summed E-state index contributed by atoms with van der Waals surface area (Å²) in [7, 11) is 0. The molecule has 0 aliphatic heterocycles. The van der Waals surface area contributed by atoms with Gasteiger partial charge in [-0.1, -0.05) is 0 Å². The first-order valence-corrected chi connectivity index (χ1v) is 11.0. The maximum Gasteiger partial charge on any atom is 0.0522 e. The molecule has 0 spiro atoms. The maximum atomic E-state index is 8.84. The number of aliphatic hydroxyl groups excluding tert-OH is 3. The Morgan fingerprint density at radius 1 is 0.682 bits per heavy atom. The Hall–Kier alpha value is 0.810. The summed E-state index contributed by atoms with van der Waals surface area (Å²) in [5, 5.41) is 36.2. The molecule has 0 bridgehead atoms. The minimum atomic E-state index is 0.227. The Morgan fingerprint density at radius 3 is 1.82 bits per heavy atom. The Labute approximate surface area is 147 Å². The molecule has 22 heavy (non-hydrogen) atoms. The lowest BCUT2D eigenvalue weighted by Crippen LogP contribution is -2.38. The second kappa shape index (κ2) is 19.9. The van der Waals surface area contributed by atoms with E-state index in [1.54, 1.807) is 35.3 Å². The van der Waals surface area contributed by atoms with E-state index in [1.165, 1.54) is 0 Å². The van der Waals surface area contributed by atoms with E-state index in [4.69, 9.17) is 15.3 Å². The van der Waals surface area contributed by atoms with Crippen LogP contribution in [0.3, 0.4) is 0 Å². The third-order valence-corrected chi connectivity index (χ3v) is 5.79. The van der Waals surface area contributed by atoms with Crippen LogP contribution in [-0.2, 0) is 0 Å². The Balaban J connectivity index is 3.51. The van der Waals surface area contributed by atoms with Gasteiger partial charge in [-0.2, -0.15) is 23.5 Å². The molecule has 0 atom stereocenters. The molecule has 0 aliphatic carbocycles. The van der Waals surface area contributed by atoms with E-state index in [-0.39, 0.29) is 19.8 Å². The number of rotatable bonds is 18. The molecule has 0 aromatic carbocycles. The number of thioether (sulfide) groups is 3. The minimum absolute atomic E-state index is 0.227. The molecule has 0 fully saturated rings. The molecular formula is C13H31N3O3S3. The van der Waals surface area contributed by atoms with E-state index in [1.807, 2.05) is 0 Å². The van der Waals surface area contributed by atoms with Gasteiger partial charge in [0.25, 0.3) is 0 Å². The van der Waals surface area contributed by atoms with E-state index in [0.29, 0.717) is 5.92 Å². The van der Waals surface area contributed by atoms with Crippen LogP contribution in [0.15, 0.2) is 0 Å². The van der Waals surface area contributed by atoms with Gasteiger partial charge in [0.2, 0.25) is 0 Å². The molecular weight excluding hydrogens is 342 g/mol. The molecule has 0 unspecified atom stereocenters. The van der Waals surface area contributed by atoms with E-state index < -0.39 is 0 Å². The van der Waals surface area contributed by atoms with Gasteiger partial charge in [0, 0.05) is 43.0 Å². The SMILES string of the molecule is OCCSCNCNCNCC(CSCCO)CSCCO. The summed E-state index contributed by atoms with van der Waals surface area (Å²) >= 11 is 5.23. The van der Waals surface area contributed by atoms with Crippen LogP contribution >= 0.6 is 35.3 Å². The zero-order valence-electron chi connectivity index (χ0n) is 13.1. The summed E-state index contributed by atoms with van der Waals surface area (Å²) in [4.78, 5) is 0. The normalized spacial score (nSPS) is 11.5. The van der Waals surface area contributed by atoms with Crippen molar-refractivity contribution in [3.8, 4) is 0 Å². The predicted octanol–water partition coefficient (Wildman–Crippen LogP) is -0.580. The highest BCUT2D eigenvalue weighted by molar-refractivity contribution is 8.00. The Kier molecular flexibility index (Phi) is 20.6. The van der Waals surface area contributed by atoms with Crippen LogP contribution in [0.25, 0.3) is 0 Å². The van der Waals surface area contributed by atoms with Crippen molar-refractivity contribution in [2.75, 3.05) is 74.3 Å². The van der Waals surface area contributed by atoms with Crippen LogP contribution in [0.4, 0.5) is 0 Å². The van der Waals surface area contributed by atoms with Crippen molar-refractivity contribution in [3.63, 3.8) is 0 Å². The lowest BCUT2D eigenvalue weighted by atomic mass is 10.2. The van der Waals surface area contributed by atoms with Gasteiger partial charge in [0.15, 0.2) is 0 Å². The van der Waals surface area contributed by atoms with Crippen molar-refractivity contribution in [2.45, 2.75) is 0 Å². The lowest BCUT2D eigenvalue weighted by Gasteiger charge is -2.17. The van der Waals surface area contributed by atoms with Crippen LogP contribution in [0.1, 0.15) is 0 Å². The van der Waals surface area contributed by atoms with Gasteiger partial charge in [-0.25, -0.2) is 0 Å². The van der Waals surface area contributed by atoms with Crippen LogP contribution in [0.2, 0.25) is 0 Å². The summed E-state index contributed by atoms with van der Waals surface area (Å²) < 4.78 is 0. The topological polar surface area (TPSA) is 96.8 Å². The number of hydrogen-bond acceptors (Lipinski definition) is 9. The van der Waals surface area contributed by atoms with Gasteiger partial charge < -0.3 is 20.6 Å². The van der Waals surface area contributed by atoms with Gasteiger partial charge in [0.1, 0.15) is 0 Å². The van der Waals surface area contributed by atoms with E-state index in [9.17, 15) is 0 Å². The van der Waals surface area contributed by atoms with Gasteiger partial charge in [-0.3, -0.25) is 10.6 Å². The van der Waals surface area contributed by atoms with E-state index >= 15 is 0 Å². The van der Waals surface area contributed by atoms with E-state index in [0.717, 1.165) is 54.5 Å². The second-order valence-electron chi connectivity index (χ2n) is 4.55. The highest BCUT2D eigenvalue weighted by Gasteiger charge is 2.08. The first kappa shape index (κ1) is 22.8. The van der Waals surface area contributed by atoms with Gasteiger partial charge >= 0.3 is 0 Å². The molecule has 6 nitrogen and oxygen atoms in total. The molecule has 0 aromatic heterocycles. The molecule has 0 aromatic rings. The van der Waals surface area contributed by atoms with Crippen molar-refractivity contribution >= 4 is 35.3 Å². The van der Waals surface area contributed by atoms with E-state index in [2.05, 4.69) is 16.0 Å². The maximum absolute atomic E-state index is 8.84. The van der Waals surface area contributed by atoms with Gasteiger partial charge in [0.05, 0.1) is 19.8 Å². The number of nitrogens with one attached hydrogen (secondary N) is 3. The number of aliphatic hydroxyl groups is 3. The molecule has 134 valence electrons. The lowest BCUT2D eigenvalue weighted by molar-refractivity contribution is 0.322. The van der Waals surface area contributed by atoms with Crippen molar-refractivity contribution in [1.82, 2.24) is 16.0 Å². The number of hydrogen-bond donors (Lipinski definition) is 6. The van der Waals surface area contributed by atoms with Crippen LogP contribution in [0, 0.1) is 5.92 Å². The third kappa shape index (κ3) is 17.2. The molecule has 0 radical (unpaired) electrons. The minimum Gasteiger partial charge on any atom is -0.396 e. The summed E-state index contributed by atoms with van der Waals surface area (Å²) in [6.45, 7) is 3.12. The zero-order valence-corrected chi connectivity index (χ0v) is 15.6. The van der Waals surface area contributed by atoms with Crippen molar-refractivity contribution < 1.29 is 15.3 Å². The van der Waals surface area contributed by atoms with Crippen molar-refractivity contribution in [3.05, 3.63) is 0 Å². The van der Waals surface area contributed by atoms with Crippen molar-refractivity contribution in [2.24, 2.45) is 5.92 Å². The highest BCUT2D eigenvalue weighted by Crippen LogP contribution is 2.13. The molecule has 9 heteroatoms. The molecule has 6 N–H and O–H groups in total.